The van der Waals surface area contributed by atoms with Crippen LogP contribution >= 0.6 is 0 Å². The fourth-order valence-corrected chi connectivity index (χ4v) is 0.868. The normalized spacial score (nSPS) is 14.1. The number of amides is 1. The topological polar surface area (TPSA) is 81.4 Å². The van der Waals surface area contributed by atoms with Gasteiger partial charge in [-0.1, -0.05) is 20.3 Å². The summed E-state index contributed by atoms with van der Waals surface area (Å²) < 4.78 is 4.63. The van der Waals surface area contributed by atoms with Crippen LogP contribution in [0.25, 0.3) is 0 Å². The first-order valence-corrected chi connectivity index (χ1v) is 5.22. The van der Waals surface area contributed by atoms with Gasteiger partial charge in [0.25, 0.3) is 0 Å². The van der Waals surface area contributed by atoms with Crippen molar-refractivity contribution in [2.75, 3.05) is 13.2 Å². The molecule has 0 aliphatic carbocycles. The first kappa shape index (κ1) is 13.9. The van der Waals surface area contributed by atoms with E-state index in [1.165, 1.54) is 0 Å². The fraction of sp³-hybridized carbons (Fsp3) is 0.800. The Bertz CT molecular complexity index is 219. The predicted octanol–water partition coefficient (Wildman–Crippen LogP) is 0.0391. The average Bonchev–Trinajstić information content (AvgIpc) is 2.24. The van der Waals surface area contributed by atoms with Crippen LogP contribution in [-0.4, -0.2) is 31.1 Å². The molecule has 0 saturated heterocycles. The van der Waals surface area contributed by atoms with Crippen LogP contribution < -0.4 is 11.1 Å². The monoisotopic (exact) mass is 216 g/mol. The Labute approximate surface area is 90.4 Å². The maximum Gasteiger partial charge on any atom is 0.332 e. The van der Waals surface area contributed by atoms with Crippen molar-refractivity contribution in [3.63, 3.8) is 0 Å². The lowest BCUT2D eigenvalue weighted by atomic mass is 10.1. The summed E-state index contributed by atoms with van der Waals surface area (Å²) in [6.07, 6.45) is 0.967. The number of carbonyl (C=O) groups is 2. The van der Waals surface area contributed by atoms with Gasteiger partial charge in [0.15, 0.2) is 6.04 Å². The van der Waals surface area contributed by atoms with Gasteiger partial charge in [0.05, 0.1) is 6.61 Å². The Hall–Kier alpha value is -1.10. The zero-order chi connectivity index (χ0) is 11.8. The summed E-state index contributed by atoms with van der Waals surface area (Å²) in [5, 5.41) is 2.61. The third-order valence-corrected chi connectivity index (χ3v) is 2.14. The second-order valence-corrected chi connectivity index (χ2v) is 3.49. The highest BCUT2D eigenvalue weighted by Gasteiger charge is 2.23. The van der Waals surface area contributed by atoms with Gasteiger partial charge < -0.3 is 15.8 Å². The van der Waals surface area contributed by atoms with Crippen molar-refractivity contribution in [3.8, 4) is 0 Å². The van der Waals surface area contributed by atoms with Crippen LogP contribution in [0.4, 0.5) is 0 Å². The zero-order valence-electron chi connectivity index (χ0n) is 9.58. The molecule has 0 aliphatic heterocycles. The summed E-state index contributed by atoms with van der Waals surface area (Å²) in [6.45, 7) is 6.47. The van der Waals surface area contributed by atoms with Gasteiger partial charge >= 0.3 is 5.97 Å². The molecule has 2 atom stereocenters. The molecule has 0 spiro atoms. The molecule has 88 valence electrons. The molecule has 2 unspecified atom stereocenters. The van der Waals surface area contributed by atoms with Crippen LogP contribution in [0.5, 0.6) is 0 Å². The summed E-state index contributed by atoms with van der Waals surface area (Å²) >= 11 is 0. The van der Waals surface area contributed by atoms with Crippen LogP contribution in [0.1, 0.15) is 27.2 Å². The van der Waals surface area contributed by atoms with Crippen LogP contribution in [0, 0.1) is 5.92 Å². The van der Waals surface area contributed by atoms with Gasteiger partial charge in [-0.25, -0.2) is 4.79 Å². The highest BCUT2D eigenvalue weighted by Crippen LogP contribution is 1.97. The van der Waals surface area contributed by atoms with Crippen molar-refractivity contribution in [3.05, 3.63) is 0 Å². The lowest BCUT2D eigenvalue weighted by Gasteiger charge is -2.13. The SMILES string of the molecule is CCOC(=O)C(N)C(=O)NCC(C)CC. The first-order valence-electron chi connectivity index (χ1n) is 5.22. The molecule has 0 aromatic heterocycles. The number of hydrogen-bond acceptors (Lipinski definition) is 4. The molecule has 5 heteroatoms. The molecule has 0 radical (unpaired) electrons. The van der Waals surface area contributed by atoms with Gasteiger partial charge in [0.2, 0.25) is 5.91 Å². The molecule has 1 amide bonds. The maximum atomic E-state index is 11.3. The van der Waals surface area contributed by atoms with Gasteiger partial charge in [-0.3, -0.25) is 4.79 Å². The third-order valence-electron chi connectivity index (χ3n) is 2.14. The van der Waals surface area contributed by atoms with E-state index in [1.54, 1.807) is 6.92 Å². The van der Waals surface area contributed by atoms with Crippen molar-refractivity contribution in [2.45, 2.75) is 33.2 Å². The van der Waals surface area contributed by atoms with Gasteiger partial charge in [0.1, 0.15) is 0 Å². The van der Waals surface area contributed by atoms with Crippen LogP contribution in [0.3, 0.4) is 0 Å². The lowest BCUT2D eigenvalue weighted by molar-refractivity contribution is -0.148. The van der Waals surface area contributed by atoms with Crippen molar-refractivity contribution >= 4 is 11.9 Å². The Kier molecular flexibility index (Phi) is 6.70. The van der Waals surface area contributed by atoms with E-state index < -0.39 is 17.9 Å². The van der Waals surface area contributed by atoms with E-state index in [1.807, 2.05) is 13.8 Å². The molecular weight excluding hydrogens is 196 g/mol. The number of nitrogens with two attached hydrogens (primary N) is 1. The highest BCUT2D eigenvalue weighted by atomic mass is 16.5. The number of rotatable bonds is 6. The van der Waals surface area contributed by atoms with E-state index in [0.717, 1.165) is 6.42 Å². The molecule has 0 saturated carbocycles. The zero-order valence-corrected chi connectivity index (χ0v) is 9.58. The Balaban J connectivity index is 3.93. The molecule has 0 aliphatic rings. The summed E-state index contributed by atoms with van der Waals surface area (Å²) in [4.78, 5) is 22.4. The minimum Gasteiger partial charge on any atom is -0.464 e. The van der Waals surface area contributed by atoms with Crippen LogP contribution in [0.2, 0.25) is 0 Å². The number of nitrogens with one attached hydrogen (secondary N) is 1. The molecule has 0 rings (SSSR count). The summed E-state index contributed by atoms with van der Waals surface area (Å²) in [5.41, 5.74) is 5.39. The largest absolute Gasteiger partial charge is 0.464 e. The second-order valence-electron chi connectivity index (χ2n) is 3.49. The average molecular weight is 216 g/mol. The van der Waals surface area contributed by atoms with E-state index in [-0.39, 0.29) is 6.61 Å². The number of carbonyl (C=O) groups excluding carboxylic acids is 2. The molecular formula is C10H20N2O3. The predicted molar refractivity (Wildman–Crippen MR) is 57.1 cm³/mol. The second kappa shape index (κ2) is 7.23. The van der Waals surface area contributed by atoms with E-state index in [0.29, 0.717) is 12.5 Å². The molecule has 0 aromatic carbocycles. The van der Waals surface area contributed by atoms with Crippen molar-refractivity contribution in [1.29, 1.82) is 0 Å². The third kappa shape index (κ3) is 5.37. The van der Waals surface area contributed by atoms with Gasteiger partial charge in [-0.15, -0.1) is 0 Å². The summed E-state index contributed by atoms with van der Waals surface area (Å²) in [5.74, 6) is -0.781. The number of hydrogen-bond donors (Lipinski definition) is 2. The minimum absolute atomic E-state index is 0.227. The quantitative estimate of drug-likeness (QED) is 0.485. The Morgan fingerprint density at radius 3 is 2.47 bits per heavy atom. The molecule has 0 fully saturated rings. The Morgan fingerprint density at radius 1 is 1.40 bits per heavy atom. The Morgan fingerprint density at radius 2 is 2.00 bits per heavy atom. The number of esters is 1. The number of ether oxygens (including phenoxy) is 1. The van der Waals surface area contributed by atoms with Crippen LogP contribution in [0.15, 0.2) is 0 Å². The van der Waals surface area contributed by atoms with Crippen molar-refractivity contribution < 1.29 is 14.3 Å². The molecule has 0 aromatic rings. The van der Waals surface area contributed by atoms with Gasteiger partial charge in [-0.2, -0.15) is 0 Å². The standard InChI is InChI=1S/C10H20N2O3/c1-4-7(3)6-12-9(13)8(11)10(14)15-5-2/h7-8H,4-6,11H2,1-3H3,(H,12,13). The fourth-order valence-electron chi connectivity index (χ4n) is 0.868. The van der Waals surface area contributed by atoms with E-state index in [9.17, 15) is 9.59 Å². The molecule has 0 heterocycles. The van der Waals surface area contributed by atoms with Crippen molar-refractivity contribution in [1.82, 2.24) is 5.32 Å². The summed E-state index contributed by atoms with van der Waals surface area (Å²) in [7, 11) is 0. The molecule has 3 N–H and O–H groups in total. The van der Waals surface area contributed by atoms with E-state index >= 15 is 0 Å². The van der Waals surface area contributed by atoms with Crippen molar-refractivity contribution in [2.24, 2.45) is 11.7 Å². The van der Waals surface area contributed by atoms with Gasteiger partial charge in [-0.05, 0) is 12.8 Å². The molecule has 5 nitrogen and oxygen atoms in total. The smallest absolute Gasteiger partial charge is 0.332 e. The highest BCUT2D eigenvalue weighted by molar-refractivity contribution is 6.01. The lowest BCUT2D eigenvalue weighted by Crippen LogP contribution is -2.47. The minimum atomic E-state index is -1.21. The summed E-state index contributed by atoms with van der Waals surface area (Å²) in [6, 6.07) is -1.21. The maximum absolute atomic E-state index is 11.3. The van der Waals surface area contributed by atoms with E-state index in [4.69, 9.17) is 5.73 Å². The van der Waals surface area contributed by atoms with E-state index in [2.05, 4.69) is 10.1 Å². The van der Waals surface area contributed by atoms with Gasteiger partial charge in [0, 0.05) is 6.54 Å². The first-order chi connectivity index (χ1) is 7.02. The van der Waals surface area contributed by atoms with Crippen LogP contribution in [-0.2, 0) is 14.3 Å². The molecule has 0 bridgehead atoms. The molecule has 15 heavy (non-hydrogen) atoms.